The lowest BCUT2D eigenvalue weighted by atomic mass is 10.1. The minimum Gasteiger partial charge on any atom is -0.349 e. The molecular formula is C17H24N4O. The molecule has 2 N–H and O–H groups in total. The highest BCUT2D eigenvalue weighted by molar-refractivity contribution is 6.04. The van der Waals surface area contributed by atoms with E-state index in [-0.39, 0.29) is 5.91 Å². The fraction of sp³-hybridized carbons (Fsp3) is 0.529. The Hall–Kier alpha value is -1.88. The molecular weight excluding hydrogens is 276 g/mol. The molecule has 1 amide bonds. The summed E-state index contributed by atoms with van der Waals surface area (Å²) in [4.78, 5) is 14.8. The largest absolute Gasteiger partial charge is 0.349 e. The number of aromatic amines is 1. The van der Waals surface area contributed by atoms with E-state index in [4.69, 9.17) is 0 Å². The first-order valence-corrected chi connectivity index (χ1v) is 8.19. The number of carbonyl (C=O) groups is 1. The monoisotopic (exact) mass is 300 g/mol. The Morgan fingerprint density at radius 2 is 2.05 bits per heavy atom. The fourth-order valence-corrected chi connectivity index (χ4v) is 3.07. The Morgan fingerprint density at radius 3 is 2.82 bits per heavy atom. The number of carbonyl (C=O) groups excluding carboxylic acids is 1. The number of hydrogen-bond acceptors (Lipinski definition) is 3. The SMILES string of the molecule is Cc1ccc2[nH]nc(C(=O)NCCN3CCCCCC3)c2c1. The quantitative estimate of drug-likeness (QED) is 0.912. The van der Waals surface area contributed by atoms with Gasteiger partial charge in [0.15, 0.2) is 5.69 Å². The van der Waals surface area contributed by atoms with Gasteiger partial charge in [0.25, 0.3) is 5.91 Å². The number of amides is 1. The fourth-order valence-electron chi connectivity index (χ4n) is 3.07. The molecule has 0 unspecified atom stereocenters. The second-order valence-corrected chi connectivity index (χ2v) is 6.13. The van der Waals surface area contributed by atoms with Gasteiger partial charge in [-0.2, -0.15) is 5.10 Å². The number of fused-ring (bicyclic) bond motifs is 1. The van der Waals surface area contributed by atoms with Gasteiger partial charge in [0.05, 0.1) is 5.52 Å². The Labute approximate surface area is 131 Å². The zero-order valence-corrected chi connectivity index (χ0v) is 13.2. The van der Waals surface area contributed by atoms with Crippen LogP contribution in [0.1, 0.15) is 41.7 Å². The van der Waals surface area contributed by atoms with Crippen molar-refractivity contribution in [2.45, 2.75) is 32.6 Å². The molecule has 1 fully saturated rings. The molecule has 0 aliphatic carbocycles. The van der Waals surface area contributed by atoms with Crippen LogP contribution in [-0.2, 0) is 0 Å². The molecule has 0 bridgehead atoms. The minimum atomic E-state index is -0.0910. The van der Waals surface area contributed by atoms with Gasteiger partial charge in [0.1, 0.15) is 0 Å². The molecule has 2 heterocycles. The molecule has 0 atom stereocenters. The topological polar surface area (TPSA) is 61.0 Å². The first-order valence-electron chi connectivity index (χ1n) is 8.19. The number of likely N-dealkylation sites (tertiary alicyclic amines) is 1. The van der Waals surface area contributed by atoms with Crippen LogP contribution in [0.4, 0.5) is 0 Å². The lowest BCUT2D eigenvalue weighted by molar-refractivity contribution is 0.0945. The predicted octanol–water partition coefficient (Wildman–Crippen LogP) is 2.48. The van der Waals surface area contributed by atoms with Crippen LogP contribution in [-0.4, -0.2) is 47.2 Å². The van der Waals surface area contributed by atoms with E-state index in [1.807, 2.05) is 25.1 Å². The van der Waals surface area contributed by atoms with E-state index in [1.54, 1.807) is 0 Å². The summed E-state index contributed by atoms with van der Waals surface area (Å²) in [6.45, 7) is 5.93. The van der Waals surface area contributed by atoms with Gasteiger partial charge in [-0.3, -0.25) is 9.89 Å². The molecule has 1 aliphatic rings. The molecule has 22 heavy (non-hydrogen) atoms. The highest BCUT2D eigenvalue weighted by atomic mass is 16.1. The standard InChI is InChI=1S/C17H24N4O/c1-13-6-7-15-14(12-13)16(20-19-15)17(22)18-8-11-21-9-4-2-3-5-10-21/h6-7,12H,2-5,8-11H2,1H3,(H,18,22)(H,19,20). The Bertz CT molecular complexity index is 641. The highest BCUT2D eigenvalue weighted by Crippen LogP contribution is 2.17. The van der Waals surface area contributed by atoms with Crippen molar-refractivity contribution in [3.8, 4) is 0 Å². The Balaban J connectivity index is 1.58. The molecule has 2 aromatic rings. The summed E-state index contributed by atoms with van der Waals surface area (Å²) < 4.78 is 0. The van der Waals surface area contributed by atoms with Crippen molar-refractivity contribution in [3.63, 3.8) is 0 Å². The molecule has 1 aromatic carbocycles. The number of H-pyrrole nitrogens is 1. The second-order valence-electron chi connectivity index (χ2n) is 6.13. The van der Waals surface area contributed by atoms with Gasteiger partial charge < -0.3 is 10.2 Å². The van der Waals surface area contributed by atoms with Crippen LogP contribution < -0.4 is 5.32 Å². The third kappa shape index (κ3) is 3.47. The first kappa shape index (κ1) is 15.0. The van der Waals surface area contributed by atoms with Gasteiger partial charge in [-0.05, 0) is 45.0 Å². The summed E-state index contributed by atoms with van der Waals surface area (Å²) in [5.41, 5.74) is 2.53. The van der Waals surface area contributed by atoms with E-state index in [1.165, 1.54) is 25.7 Å². The second kappa shape index (κ2) is 6.92. The molecule has 5 nitrogen and oxygen atoms in total. The van der Waals surface area contributed by atoms with E-state index in [2.05, 4.69) is 20.4 Å². The number of aryl methyl sites for hydroxylation is 1. The minimum absolute atomic E-state index is 0.0910. The predicted molar refractivity (Wildman–Crippen MR) is 88.1 cm³/mol. The van der Waals surface area contributed by atoms with E-state index >= 15 is 0 Å². The van der Waals surface area contributed by atoms with Crippen LogP contribution in [0.2, 0.25) is 0 Å². The summed E-state index contributed by atoms with van der Waals surface area (Å²) in [5.74, 6) is -0.0910. The van der Waals surface area contributed by atoms with Crippen molar-refractivity contribution in [2.75, 3.05) is 26.2 Å². The summed E-state index contributed by atoms with van der Waals surface area (Å²) in [5, 5.41) is 11.0. The molecule has 0 saturated carbocycles. The van der Waals surface area contributed by atoms with E-state index < -0.39 is 0 Å². The Kier molecular flexibility index (Phi) is 4.73. The van der Waals surface area contributed by atoms with Crippen molar-refractivity contribution in [2.24, 2.45) is 0 Å². The van der Waals surface area contributed by atoms with Crippen LogP contribution in [0.15, 0.2) is 18.2 Å². The van der Waals surface area contributed by atoms with Crippen molar-refractivity contribution in [3.05, 3.63) is 29.5 Å². The van der Waals surface area contributed by atoms with Gasteiger partial charge in [-0.1, -0.05) is 24.5 Å². The smallest absolute Gasteiger partial charge is 0.272 e. The zero-order valence-electron chi connectivity index (χ0n) is 13.2. The summed E-state index contributed by atoms with van der Waals surface area (Å²) in [6, 6.07) is 5.98. The number of nitrogens with one attached hydrogen (secondary N) is 2. The van der Waals surface area contributed by atoms with Crippen LogP contribution in [0.3, 0.4) is 0 Å². The molecule has 118 valence electrons. The maximum atomic E-state index is 12.3. The molecule has 5 heteroatoms. The van der Waals surface area contributed by atoms with Crippen molar-refractivity contribution >= 4 is 16.8 Å². The normalized spacial score (nSPS) is 16.6. The lowest BCUT2D eigenvalue weighted by Gasteiger charge is -2.19. The number of benzene rings is 1. The average molecular weight is 300 g/mol. The van der Waals surface area contributed by atoms with Gasteiger partial charge in [-0.25, -0.2) is 0 Å². The highest BCUT2D eigenvalue weighted by Gasteiger charge is 2.14. The molecule has 1 aliphatic heterocycles. The number of nitrogens with zero attached hydrogens (tertiary/aromatic N) is 2. The zero-order chi connectivity index (χ0) is 15.4. The van der Waals surface area contributed by atoms with Crippen molar-refractivity contribution in [1.29, 1.82) is 0 Å². The maximum absolute atomic E-state index is 12.3. The Morgan fingerprint density at radius 1 is 1.27 bits per heavy atom. The lowest BCUT2D eigenvalue weighted by Crippen LogP contribution is -2.35. The van der Waals surface area contributed by atoms with Crippen LogP contribution in [0, 0.1) is 6.92 Å². The van der Waals surface area contributed by atoms with Crippen molar-refractivity contribution < 1.29 is 4.79 Å². The van der Waals surface area contributed by atoms with Gasteiger partial charge in [-0.15, -0.1) is 0 Å². The molecule has 1 aromatic heterocycles. The molecule has 3 rings (SSSR count). The van der Waals surface area contributed by atoms with Crippen LogP contribution in [0.5, 0.6) is 0 Å². The van der Waals surface area contributed by atoms with E-state index in [0.29, 0.717) is 12.2 Å². The van der Waals surface area contributed by atoms with Crippen LogP contribution in [0.25, 0.3) is 10.9 Å². The molecule has 1 saturated heterocycles. The van der Waals surface area contributed by atoms with Crippen LogP contribution >= 0.6 is 0 Å². The van der Waals surface area contributed by atoms with Gasteiger partial charge >= 0.3 is 0 Å². The third-order valence-electron chi connectivity index (χ3n) is 4.35. The summed E-state index contributed by atoms with van der Waals surface area (Å²) in [7, 11) is 0. The molecule has 0 radical (unpaired) electrons. The maximum Gasteiger partial charge on any atom is 0.272 e. The van der Waals surface area contributed by atoms with E-state index in [9.17, 15) is 4.79 Å². The van der Waals surface area contributed by atoms with Gasteiger partial charge in [0, 0.05) is 18.5 Å². The van der Waals surface area contributed by atoms with Gasteiger partial charge in [0.2, 0.25) is 0 Å². The molecule has 0 spiro atoms. The third-order valence-corrected chi connectivity index (χ3v) is 4.35. The van der Waals surface area contributed by atoms with Crippen molar-refractivity contribution in [1.82, 2.24) is 20.4 Å². The number of hydrogen-bond donors (Lipinski definition) is 2. The van der Waals surface area contributed by atoms with E-state index in [0.717, 1.165) is 36.1 Å². The summed E-state index contributed by atoms with van der Waals surface area (Å²) >= 11 is 0. The first-order chi connectivity index (χ1) is 10.7. The summed E-state index contributed by atoms with van der Waals surface area (Å²) in [6.07, 6.45) is 5.22. The average Bonchev–Trinajstić information content (AvgIpc) is 2.75. The number of aromatic nitrogens is 2. The number of rotatable bonds is 4.